The third-order valence-electron chi connectivity index (χ3n) is 4.20. The zero-order valence-corrected chi connectivity index (χ0v) is 15.3. The summed E-state index contributed by atoms with van der Waals surface area (Å²) in [7, 11) is 0. The Hall–Kier alpha value is -1.46. The predicted molar refractivity (Wildman–Crippen MR) is 108 cm³/mol. The van der Waals surface area contributed by atoms with Gasteiger partial charge in [0.15, 0.2) is 0 Å². The number of nitrogens with zero attached hydrogens (tertiary/aromatic N) is 2. The highest BCUT2D eigenvalue weighted by molar-refractivity contribution is 6.34. The summed E-state index contributed by atoms with van der Waals surface area (Å²) >= 11 is 6.41. The maximum absolute atomic E-state index is 11.5. The average Bonchev–Trinajstić information content (AvgIpc) is 2.78. The van der Waals surface area contributed by atoms with Crippen molar-refractivity contribution in [1.82, 2.24) is 10.2 Å². The van der Waals surface area contributed by atoms with Crippen LogP contribution in [0.4, 0.5) is 10.5 Å². The first-order chi connectivity index (χ1) is 17.0. The summed E-state index contributed by atoms with van der Waals surface area (Å²) < 4.78 is 102. The lowest BCUT2D eigenvalue weighted by molar-refractivity contribution is 0.207. The van der Waals surface area contributed by atoms with Gasteiger partial charge in [0.05, 0.1) is 12.1 Å². The summed E-state index contributed by atoms with van der Waals surface area (Å²) in [5.74, 6) is -3.38. The Morgan fingerprint density at radius 2 is 2.04 bits per heavy atom. The molecule has 2 aliphatic rings. The van der Waals surface area contributed by atoms with Crippen molar-refractivity contribution >= 4 is 23.3 Å². The molecule has 1 saturated heterocycles. The number of carbonyl (C=O) groups is 1. The quantitative estimate of drug-likeness (QED) is 0.810. The molecule has 3 rings (SSSR count). The van der Waals surface area contributed by atoms with Crippen LogP contribution < -0.4 is 16.0 Å². The molecule has 1 aromatic rings. The molecule has 3 N–H and O–H groups in total. The van der Waals surface area contributed by atoms with E-state index in [4.69, 9.17) is 33.8 Å². The molecule has 6 heteroatoms. The molecule has 0 bridgehead atoms. The zero-order valence-electron chi connectivity index (χ0n) is 26.5. The number of halogens is 1. The third kappa shape index (κ3) is 5.04. The fourth-order valence-corrected chi connectivity index (χ4v) is 3.03. The van der Waals surface area contributed by atoms with Crippen molar-refractivity contribution < 1.29 is 21.2 Å². The van der Waals surface area contributed by atoms with Crippen molar-refractivity contribution in [2.75, 3.05) is 37.6 Å². The molecule has 1 aliphatic heterocycles. The van der Waals surface area contributed by atoms with E-state index in [1.165, 1.54) is 10.2 Å². The number of piperazine rings is 1. The molecule has 5 nitrogen and oxygen atoms in total. The van der Waals surface area contributed by atoms with Crippen LogP contribution >= 0.6 is 11.6 Å². The SMILES string of the molecule is [2H]C([2H])(C[C@]1([2H])C([2H])([2H])C([2H])([2H])[C@@]([2H])(NC(N)=O)C([2H])([2H])C1([2H])[2H])N1CCN(c2cccc(C)c2Cl)CC1. The molecule has 1 aromatic carbocycles. The van der Waals surface area contributed by atoms with Gasteiger partial charge in [0, 0.05) is 47.3 Å². The summed E-state index contributed by atoms with van der Waals surface area (Å²) in [4.78, 5) is 14.7. The topological polar surface area (TPSA) is 61.6 Å². The first kappa shape index (κ1) is 9.16. The average molecular weight is 391 g/mol. The first-order valence-electron chi connectivity index (χ1n) is 14.3. The Kier molecular flexibility index (Phi) is 3.15. The van der Waals surface area contributed by atoms with Crippen LogP contribution in [0.15, 0.2) is 18.2 Å². The molecule has 0 radical (unpaired) electrons. The number of aryl methyl sites for hydroxylation is 1. The van der Waals surface area contributed by atoms with E-state index in [2.05, 4.69) is 0 Å². The Bertz CT molecular complexity index is 1070. The van der Waals surface area contributed by atoms with E-state index in [1.807, 2.05) is 30.0 Å². The minimum atomic E-state index is -3.71. The van der Waals surface area contributed by atoms with E-state index >= 15 is 0 Å². The fraction of sp³-hybridized carbons (Fsp3) is 0.650. The second-order valence-corrected chi connectivity index (χ2v) is 6.44. The number of hydrogen-bond acceptors (Lipinski definition) is 3. The number of anilines is 1. The molecule has 0 unspecified atom stereocenters. The number of carbonyl (C=O) groups excluding carboxylic acids is 1. The number of hydrogen-bond donors (Lipinski definition) is 2. The van der Waals surface area contributed by atoms with E-state index in [0.29, 0.717) is 18.1 Å². The molecule has 2 fully saturated rings. The van der Waals surface area contributed by atoms with Gasteiger partial charge in [-0.2, -0.15) is 0 Å². The second kappa shape index (κ2) is 8.96. The van der Waals surface area contributed by atoms with Crippen molar-refractivity contribution in [3.8, 4) is 0 Å². The van der Waals surface area contributed by atoms with Gasteiger partial charge in [-0.25, -0.2) is 4.79 Å². The Balaban J connectivity index is 1.95. The van der Waals surface area contributed by atoms with Gasteiger partial charge in [-0.05, 0) is 62.9 Å². The molecular weight excluding hydrogens is 348 g/mol. The van der Waals surface area contributed by atoms with Crippen molar-refractivity contribution in [2.45, 2.75) is 44.9 Å². The molecule has 1 aliphatic carbocycles. The van der Waals surface area contributed by atoms with Gasteiger partial charge in [-0.15, -0.1) is 0 Å². The Morgan fingerprint density at radius 3 is 2.69 bits per heavy atom. The molecule has 1 saturated carbocycles. The maximum Gasteiger partial charge on any atom is 0.312 e. The third-order valence-corrected chi connectivity index (χ3v) is 4.69. The Morgan fingerprint density at radius 1 is 1.35 bits per heavy atom. The molecular formula is C20H31ClN4O. The number of amides is 2. The molecule has 0 aromatic heterocycles. The lowest BCUT2D eigenvalue weighted by Crippen LogP contribution is -2.47. The number of benzene rings is 1. The number of rotatable bonds is 5. The van der Waals surface area contributed by atoms with Gasteiger partial charge in [0.25, 0.3) is 0 Å². The molecule has 0 spiro atoms. The van der Waals surface area contributed by atoms with Gasteiger partial charge in [0.1, 0.15) is 0 Å². The largest absolute Gasteiger partial charge is 0.368 e. The minimum absolute atomic E-state index is 0.0742. The van der Waals surface area contributed by atoms with Crippen molar-refractivity contribution in [1.29, 1.82) is 0 Å². The highest BCUT2D eigenvalue weighted by atomic mass is 35.5. The van der Waals surface area contributed by atoms with Crippen LogP contribution in [0.1, 0.15) is 53.9 Å². The normalized spacial score (nSPS) is 45.2. The van der Waals surface area contributed by atoms with Crippen LogP contribution in [0.5, 0.6) is 0 Å². The summed E-state index contributed by atoms with van der Waals surface area (Å²) in [6.07, 6.45) is -16.0. The van der Waals surface area contributed by atoms with E-state index in [0.717, 1.165) is 11.3 Å². The van der Waals surface area contributed by atoms with E-state index < -0.39 is 56.4 Å². The van der Waals surface area contributed by atoms with Crippen molar-refractivity contribution in [3.05, 3.63) is 28.8 Å². The van der Waals surface area contributed by atoms with E-state index in [-0.39, 0.29) is 13.1 Å². The lowest BCUT2D eigenvalue weighted by Gasteiger charge is -2.37. The predicted octanol–water partition coefficient (Wildman–Crippen LogP) is 3.39. The number of urea groups is 1. The molecule has 2 amide bonds. The summed E-state index contributed by atoms with van der Waals surface area (Å²) in [6.45, 7) is 0.0228. The highest BCUT2D eigenvalue weighted by Crippen LogP contribution is 2.30. The highest BCUT2D eigenvalue weighted by Gasteiger charge is 2.24. The monoisotopic (exact) mass is 390 g/mol. The standard InChI is InChI=1S/C20H31ClN4O/c1-15-3-2-4-18(19(15)21)25-13-11-24(12-14-25)10-9-16-5-7-17(8-6-16)23-20(22)26/h2-4,16-17H,5-14H2,1H3,(H3,22,23,26)/t16-,17-/i5D2,6D2,7D2,8D2,10D2,16D,17D. The molecule has 1 heterocycles. The lowest BCUT2D eigenvalue weighted by atomic mass is 9.84. The Labute approximate surface area is 178 Å². The molecule has 26 heavy (non-hydrogen) atoms. The van der Waals surface area contributed by atoms with Crippen molar-refractivity contribution in [3.63, 3.8) is 0 Å². The number of primary amides is 1. The maximum atomic E-state index is 11.5. The zero-order chi connectivity index (χ0) is 29.3. The summed E-state index contributed by atoms with van der Waals surface area (Å²) in [6, 6.07) is 0.345. The smallest absolute Gasteiger partial charge is 0.312 e. The van der Waals surface area contributed by atoms with Crippen LogP contribution in [0.3, 0.4) is 0 Å². The van der Waals surface area contributed by atoms with E-state index in [1.54, 1.807) is 0 Å². The number of nitrogens with one attached hydrogen (secondary N) is 1. The van der Waals surface area contributed by atoms with Crippen molar-refractivity contribution in [2.24, 2.45) is 11.6 Å². The van der Waals surface area contributed by atoms with Crippen LogP contribution in [-0.2, 0) is 0 Å². The molecule has 0 atom stereocenters. The molecule has 144 valence electrons. The van der Waals surface area contributed by atoms with Crippen LogP contribution in [0.25, 0.3) is 0 Å². The van der Waals surface area contributed by atoms with Gasteiger partial charge in [-0.3, -0.25) is 4.90 Å². The second-order valence-electron chi connectivity index (χ2n) is 6.06. The summed E-state index contributed by atoms with van der Waals surface area (Å²) in [5.41, 5.74) is 6.60. The van der Waals surface area contributed by atoms with Crippen LogP contribution in [0.2, 0.25) is 5.02 Å². The van der Waals surface area contributed by atoms with E-state index in [9.17, 15) is 4.79 Å². The van der Waals surface area contributed by atoms with Crippen LogP contribution in [0, 0.1) is 12.8 Å². The van der Waals surface area contributed by atoms with Gasteiger partial charge in [0.2, 0.25) is 0 Å². The van der Waals surface area contributed by atoms with Gasteiger partial charge >= 0.3 is 6.03 Å². The van der Waals surface area contributed by atoms with Gasteiger partial charge < -0.3 is 16.0 Å². The summed E-state index contributed by atoms with van der Waals surface area (Å²) in [5, 5.41) is 2.06. The number of nitrogens with two attached hydrogens (primary N) is 1. The van der Waals surface area contributed by atoms with Gasteiger partial charge in [-0.1, -0.05) is 23.7 Å². The van der Waals surface area contributed by atoms with Crippen LogP contribution in [-0.4, -0.2) is 49.6 Å². The minimum Gasteiger partial charge on any atom is -0.368 e. The fourth-order valence-electron chi connectivity index (χ4n) is 2.78. The first-order valence-corrected chi connectivity index (χ1v) is 8.72.